The number of anilines is 1. The van der Waals surface area contributed by atoms with Crippen molar-refractivity contribution in [1.29, 1.82) is 0 Å². The number of carbonyl (C=O) groups is 1. The van der Waals surface area contributed by atoms with Crippen LogP contribution in [0.2, 0.25) is 0 Å². The van der Waals surface area contributed by atoms with Crippen LogP contribution in [0.15, 0.2) is 47.9 Å². The number of piperazine rings is 1. The summed E-state index contributed by atoms with van der Waals surface area (Å²) >= 11 is 0. The average molecular weight is 532 g/mol. The zero-order valence-corrected chi connectivity index (χ0v) is 22.3. The van der Waals surface area contributed by atoms with Crippen molar-refractivity contribution in [2.45, 2.75) is 6.92 Å². The fraction of sp³-hybridized carbons (Fsp3) is 0.286. The summed E-state index contributed by atoms with van der Waals surface area (Å²) in [6.45, 7) is 8.58. The molecule has 4 aromatic rings. The Morgan fingerprint density at radius 3 is 2.56 bits per heavy atom. The molecule has 39 heavy (non-hydrogen) atoms. The van der Waals surface area contributed by atoms with Crippen LogP contribution in [0, 0.1) is 6.92 Å². The van der Waals surface area contributed by atoms with Crippen LogP contribution in [0.5, 0.6) is 0 Å². The van der Waals surface area contributed by atoms with Crippen molar-refractivity contribution < 1.29 is 14.3 Å². The van der Waals surface area contributed by atoms with E-state index in [-0.39, 0.29) is 10.9 Å². The predicted octanol–water partition coefficient (Wildman–Crippen LogP) is 3.28. The molecule has 1 fully saturated rings. The van der Waals surface area contributed by atoms with E-state index < -0.39 is 17.2 Å². The summed E-state index contributed by atoms with van der Waals surface area (Å²) in [5.41, 5.74) is 4.59. The summed E-state index contributed by atoms with van der Waals surface area (Å²) in [4.78, 5) is 41.9. The molecule has 0 atom stereocenters. The monoisotopic (exact) mass is 531 g/mol. The summed E-state index contributed by atoms with van der Waals surface area (Å²) in [5.74, 6) is -1.86. The van der Waals surface area contributed by atoms with Crippen molar-refractivity contribution in [2.24, 2.45) is 7.05 Å². The van der Waals surface area contributed by atoms with Crippen LogP contribution in [-0.4, -0.2) is 75.8 Å². The fourth-order valence-electron chi connectivity index (χ4n) is 5.22. The van der Waals surface area contributed by atoms with Crippen LogP contribution in [0.1, 0.15) is 21.6 Å². The third-order valence-corrected chi connectivity index (χ3v) is 7.26. The number of allylic oxidation sites excluding steroid dienone is 2. The van der Waals surface area contributed by atoms with Crippen molar-refractivity contribution >= 4 is 39.4 Å². The number of pyridine rings is 3. The maximum atomic E-state index is 13.7. The highest BCUT2D eigenvalue weighted by Crippen LogP contribution is 2.40. The summed E-state index contributed by atoms with van der Waals surface area (Å²) in [5, 5.41) is 13.7. The SMILES string of the molecule is C=C(F)/C=C(/NC)c1[nH]c2ncc(-c3cnc4c(c3)c(=O)c(C(=O)O)cn4C)c(N3CCN(C)CC3)c2c1C. The number of carboxylic acids is 1. The van der Waals surface area contributed by atoms with Crippen molar-refractivity contribution in [1.82, 2.24) is 29.7 Å². The molecule has 0 unspecified atom stereocenters. The fourth-order valence-corrected chi connectivity index (χ4v) is 5.22. The van der Waals surface area contributed by atoms with Crippen LogP contribution in [0.4, 0.5) is 10.1 Å². The molecule has 1 saturated heterocycles. The second-order valence-corrected chi connectivity index (χ2v) is 9.80. The Hall–Kier alpha value is -4.51. The van der Waals surface area contributed by atoms with E-state index >= 15 is 0 Å². The third kappa shape index (κ3) is 4.54. The quantitative estimate of drug-likeness (QED) is 0.325. The second kappa shape index (κ2) is 9.99. The van der Waals surface area contributed by atoms with E-state index in [9.17, 15) is 19.1 Å². The van der Waals surface area contributed by atoms with Crippen LogP contribution in [0.3, 0.4) is 0 Å². The highest BCUT2D eigenvalue weighted by molar-refractivity contribution is 6.04. The van der Waals surface area contributed by atoms with Crippen LogP contribution < -0.4 is 15.6 Å². The Bertz CT molecular complexity index is 1730. The van der Waals surface area contributed by atoms with Crippen molar-refractivity contribution in [3.63, 3.8) is 0 Å². The van der Waals surface area contributed by atoms with Gasteiger partial charge in [0.25, 0.3) is 0 Å². The molecule has 1 aliphatic rings. The number of aromatic amines is 1. The van der Waals surface area contributed by atoms with Gasteiger partial charge in [-0.1, -0.05) is 6.58 Å². The predicted molar refractivity (Wildman–Crippen MR) is 151 cm³/mol. The van der Waals surface area contributed by atoms with Crippen molar-refractivity contribution in [3.05, 3.63) is 70.2 Å². The Morgan fingerprint density at radius 2 is 1.92 bits per heavy atom. The van der Waals surface area contributed by atoms with Gasteiger partial charge >= 0.3 is 5.97 Å². The lowest BCUT2D eigenvalue weighted by Crippen LogP contribution is -2.44. The topological polar surface area (TPSA) is 119 Å². The normalized spacial score (nSPS) is 14.8. The summed E-state index contributed by atoms with van der Waals surface area (Å²) in [7, 11) is 5.46. The molecule has 0 radical (unpaired) electrons. The van der Waals surface area contributed by atoms with Gasteiger partial charge in [0.1, 0.15) is 22.7 Å². The highest BCUT2D eigenvalue weighted by atomic mass is 19.1. The number of aromatic carboxylic acids is 1. The van der Waals surface area contributed by atoms with E-state index in [0.717, 1.165) is 48.4 Å². The first-order chi connectivity index (χ1) is 18.6. The van der Waals surface area contributed by atoms with Crippen molar-refractivity contribution in [3.8, 4) is 11.1 Å². The van der Waals surface area contributed by atoms with E-state index in [4.69, 9.17) is 4.98 Å². The molecule has 5 rings (SSSR count). The third-order valence-electron chi connectivity index (χ3n) is 7.26. The van der Waals surface area contributed by atoms with Gasteiger partial charge in [-0.3, -0.25) is 4.79 Å². The number of halogens is 1. The van der Waals surface area contributed by atoms with Crippen LogP contribution in [-0.2, 0) is 7.05 Å². The van der Waals surface area contributed by atoms with E-state index in [1.165, 1.54) is 12.3 Å². The molecule has 0 aliphatic carbocycles. The number of hydrogen-bond acceptors (Lipinski definition) is 7. The summed E-state index contributed by atoms with van der Waals surface area (Å²) in [6, 6.07) is 1.69. The number of nitrogens with zero attached hydrogens (tertiary/aromatic N) is 5. The van der Waals surface area contributed by atoms with E-state index in [1.54, 1.807) is 37.1 Å². The minimum absolute atomic E-state index is 0.215. The van der Waals surface area contributed by atoms with E-state index in [2.05, 4.69) is 38.7 Å². The molecule has 4 aromatic heterocycles. The zero-order chi connectivity index (χ0) is 28.0. The average Bonchev–Trinajstić information content (AvgIpc) is 3.25. The zero-order valence-electron chi connectivity index (χ0n) is 22.3. The molecule has 5 heterocycles. The summed E-state index contributed by atoms with van der Waals surface area (Å²) in [6.07, 6.45) is 6.03. The molecule has 3 N–H and O–H groups in total. The Balaban J connectivity index is 1.80. The molecule has 0 aromatic carbocycles. The maximum absolute atomic E-state index is 13.7. The first kappa shape index (κ1) is 26.1. The smallest absolute Gasteiger partial charge is 0.341 e. The number of rotatable bonds is 6. The Kier molecular flexibility index (Phi) is 6.69. The van der Waals surface area contributed by atoms with Gasteiger partial charge in [-0.25, -0.2) is 19.2 Å². The Morgan fingerprint density at radius 1 is 1.21 bits per heavy atom. The number of hydrogen-bond donors (Lipinski definition) is 3. The van der Waals surface area contributed by atoms with Crippen LogP contribution >= 0.6 is 0 Å². The van der Waals surface area contributed by atoms with Gasteiger partial charge in [-0.05, 0) is 31.7 Å². The molecule has 1 aliphatic heterocycles. The van der Waals surface area contributed by atoms with Crippen LogP contribution in [0.25, 0.3) is 38.9 Å². The number of aryl methyl sites for hydroxylation is 2. The minimum atomic E-state index is -1.29. The molecule has 0 spiro atoms. The number of H-pyrrole nitrogens is 1. The summed E-state index contributed by atoms with van der Waals surface area (Å²) < 4.78 is 15.3. The molecular weight excluding hydrogens is 501 g/mol. The van der Waals surface area contributed by atoms with Gasteiger partial charge in [0.05, 0.1) is 22.5 Å². The molecule has 0 saturated carbocycles. The van der Waals surface area contributed by atoms with Gasteiger partial charge in [-0.15, -0.1) is 0 Å². The highest BCUT2D eigenvalue weighted by Gasteiger charge is 2.25. The number of carboxylic acid groups (broad SMARTS) is 1. The molecule has 11 heteroatoms. The molecule has 0 amide bonds. The van der Waals surface area contributed by atoms with Crippen molar-refractivity contribution in [2.75, 3.05) is 45.2 Å². The molecular formula is C28H30FN7O3. The lowest BCUT2D eigenvalue weighted by atomic mass is 10.00. The lowest BCUT2D eigenvalue weighted by Gasteiger charge is -2.35. The number of nitrogens with one attached hydrogen (secondary N) is 2. The van der Waals surface area contributed by atoms with Gasteiger partial charge < -0.3 is 29.8 Å². The van der Waals surface area contributed by atoms with E-state index in [0.29, 0.717) is 28.2 Å². The largest absolute Gasteiger partial charge is 0.477 e. The van der Waals surface area contributed by atoms with Gasteiger partial charge in [0, 0.05) is 75.4 Å². The van der Waals surface area contributed by atoms with E-state index in [1.807, 2.05) is 6.92 Å². The lowest BCUT2D eigenvalue weighted by molar-refractivity contribution is 0.0695. The second-order valence-electron chi connectivity index (χ2n) is 9.80. The Labute approximate surface area is 224 Å². The number of likely N-dealkylation sites (N-methyl/N-ethyl adjacent to an activating group) is 1. The standard InChI is InChI=1S/C28H30FN7O3/c1-15(29)10-21(30-3)23-16(2)22-24(36-8-6-34(4)7-9-36)19(13-31-26(22)33-23)17-11-18-25(37)20(28(38)39)14-35(5)27(18)32-12-17/h10-14,30H,1,6-9H2,2-5H3,(H,31,33)(H,38,39)/b21-10+. The maximum Gasteiger partial charge on any atom is 0.341 e. The number of aromatic nitrogens is 4. The van der Waals surface area contributed by atoms with Gasteiger partial charge in [0.2, 0.25) is 5.43 Å². The van der Waals surface area contributed by atoms with Gasteiger partial charge in [0.15, 0.2) is 0 Å². The first-order valence-electron chi connectivity index (χ1n) is 12.5. The molecule has 202 valence electrons. The molecule has 10 nitrogen and oxygen atoms in total. The number of fused-ring (bicyclic) bond motifs is 2. The minimum Gasteiger partial charge on any atom is -0.477 e. The molecule has 0 bridgehead atoms. The first-order valence-corrected chi connectivity index (χ1v) is 12.5. The van der Waals surface area contributed by atoms with Gasteiger partial charge in [-0.2, -0.15) is 0 Å².